The maximum Gasteiger partial charge on any atom is 0.335 e. The molecule has 0 bridgehead atoms. The summed E-state index contributed by atoms with van der Waals surface area (Å²) in [4.78, 5) is 28.8. The van der Waals surface area contributed by atoms with Crippen LogP contribution in [0.1, 0.15) is 38.7 Å². The van der Waals surface area contributed by atoms with Crippen molar-refractivity contribution in [1.29, 1.82) is 0 Å². The second-order valence-corrected chi connectivity index (χ2v) is 14.0. The summed E-state index contributed by atoms with van der Waals surface area (Å²) in [6.45, 7) is 10.8. The summed E-state index contributed by atoms with van der Waals surface area (Å²) in [5.74, 6) is -0.894. The van der Waals surface area contributed by atoms with E-state index in [0.29, 0.717) is 11.3 Å². The van der Waals surface area contributed by atoms with Crippen molar-refractivity contribution in [3.8, 4) is 0 Å². The third-order valence-corrected chi connectivity index (χ3v) is 10.7. The quantitative estimate of drug-likeness (QED) is 0.509. The Kier molecular flexibility index (Phi) is 6.18. The zero-order valence-electron chi connectivity index (χ0n) is 19.3. The minimum absolute atomic E-state index is 0.0120. The fourth-order valence-electron chi connectivity index (χ4n) is 3.60. The number of hydrogen-bond donors (Lipinski definition) is 1. The molecule has 3 rings (SSSR count). The van der Waals surface area contributed by atoms with E-state index in [9.17, 15) is 9.59 Å². The molecule has 1 N–H and O–H groups in total. The van der Waals surface area contributed by atoms with E-state index in [0.717, 1.165) is 16.5 Å². The van der Waals surface area contributed by atoms with Crippen LogP contribution in [-0.2, 0) is 23.5 Å². The van der Waals surface area contributed by atoms with E-state index in [1.54, 1.807) is 0 Å². The number of para-hydroxylation sites is 1. The predicted octanol–water partition coefficient (Wildman–Crippen LogP) is 5.20. The van der Waals surface area contributed by atoms with Gasteiger partial charge < -0.3 is 18.9 Å². The van der Waals surface area contributed by atoms with E-state index in [1.807, 2.05) is 36.5 Å². The summed E-state index contributed by atoms with van der Waals surface area (Å²) in [6.07, 6.45) is 4.02. The molecule has 0 amide bonds. The van der Waals surface area contributed by atoms with Crippen LogP contribution in [0.25, 0.3) is 10.9 Å². The number of H-pyrrole nitrogens is 1. The van der Waals surface area contributed by atoms with Crippen LogP contribution in [0.5, 0.6) is 0 Å². The van der Waals surface area contributed by atoms with E-state index in [1.165, 1.54) is 14.2 Å². The zero-order chi connectivity index (χ0) is 23.0. The maximum atomic E-state index is 12.8. The number of aromatic amines is 1. The van der Waals surface area contributed by atoms with Gasteiger partial charge in [0.05, 0.1) is 31.1 Å². The molecule has 0 fully saturated rings. The molecule has 1 heterocycles. The van der Waals surface area contributed by atoms with E-state index in [4.69, 9.17) is 13.9 Å². The number of ether oxygens (including phenoxy) is 2. The van der Waals surface area contributed by atoms with Crippen molar-refractivity contribution < 1.29 is 23.5 Å². The van der Waals surface area contributed by atoms with Gasteiger partial charge >= 0.3 is 11.9 Å². The predicted molar refractivity (Wildman–Crippen MR) is 123 cm³/mol. The molecule has 0 radical (unpaired) electrons. The van der Waals surface area contributed by atoms with Gasteiger partial charge in [-0.15, -0.1) is 0 Å². The van der Waals surface area contributed by atoms with Crippen LogP contribution in [0.4, 0.5) is 0 Å². The summed E-state index contributed by atoms with van der Waals surface area (Å²) in [5, 5.41) is 0.963. The lowest BCUT2D eigenvalue weighted by Gasteiger charge is -2.38. The van der Waals surface area contributed by atoms with Gasteiger partial charge in [0.15, 0.2) is 0 Å². The third-order valence-electron chi connectivity index (χ3n) is 6.33. The van der Waals surface area contributed by atoms with Crippen molar-refractivity contribution in [1.82, 2.24) is 4.98 Å². The molecule has 0 saturated carbocycles. The number of esters is 2. The molecule has 0 saturated heterocycles. The zero-order valence-corrected chi connectivity index (χ0v) is 20.3. The summed E-state index contributed by atoms with van der Waals surface area (Å²) in [7, 11) is 0.479. The molecule has 1 aromatic carbocycles. The Hall–Kier alpha value is -2.80. The molecule has 0 aliphatic heterocycles. The number of benzene rings is 1. The molecular formula is C24H31NO5Si. The summed E-state index contributed by atoms with van der Waals surface area (Å²) < 4.78 is 16.7. The second kappa shape index (κ2) is 8.38. The number of methoxy groups -OCH3 is 2. The fourth-order valence-corrected chi connectivity index (χ4v) is 4.70. The molecular weight excluding hydrogens is 410 g/mol. The SMILES string of the molecule is COC(=O)C1=C(C(=O)OC)[C@@H](c2c[nH]c3ccccc23)C=C(O[Si](C)(C)C(C)(C)C)C1. The first-order valence-corrected chi connectivity index (χ1v) is 13.3. The number of fused-ring (bicyclic) bond motifs is 1. The molecule has 1 atom stereocenters. The van der Waals surface area contributed by atoms with E-state index in [-0.39, 0.29) is 17.0 Å². The number of nitrogens with one attached hydrogen (secondary N) is 1. The lowest BCUT2D eigenvalue weighted by molar-refractivity contribution is -0.139. The number of carbonyl (C=O) groups excluding carboxylic acids is 2. The first-order valence-electron chi connectivity index (χ1n) is 10.4. The van der Waals surface area contributed by atoms with Crippen LogP contribution < -0.4 is 0 Å². The van der Waals surface area contributed by atoms with Crippen LogP contribution in [0.2, 0.25) is 18.1 Å². The van der Waals surface area contributed by atoms with Gasteiger partial charge in [0.2, 0.25) is 8.32 Å². The summed E-state index contributed by atoms with van der Waals surface area (Å²) in [6, 6.07) is 7.86. The fraction of sp³-hybridized carbons (Fsp3) is 0.417. The van der Waals surface area contributed by atoms with Gasteiger partial charge in [0.1, 0.15) is 0 Å². The Bertz CT molecular complexity index is 1070. The number of hydrogen-bond acceptors (Lipinski definition) is 5. The number of allylic oxidation sites excluding steroid dienone is 2. The summed E-state index contributed by atoms with van der Waals surface area (Å²) in [5.41, 5.74) is 2.41. The highest BCUT2D eigenvalue weighted by atomic mass is 28.4. The molecule has 6 nitrogen and oxygen atoms in total. The van der Waals surface area contributed by atoms with Crippen LogP contribution in [0, 0.1) is 0 Å². The van der Waals surface area contributed by atoms with Crippen molar-refractivity contribution in [2.45, 2.75) is 51.2 Å². The second-order valence-electron chi connectivity index (χ2n) is 9.31. The molecule has 166 valence electrons. The van der Waals surface area contributed by atoms with Gasteiger partial charge in [0.25, 0.3) is 0 Å². The maximum absolute atomic E-state index is 12.8. The Morgan fingerprint density at radius 1 is 1.06 bits per heavy atom. The average Bonchev–Trinajstić information content (AvgIpc) is 3.15. The van der Waals surface area contributed by atoms with Crippen molar-refractivity contribution >= 4 is 31.2 Å². The van der Waals surface area contributed by atoms with Gasteiger partial charge in [-0.2, -0.15) is 0 Å². The Morgan fingerprint density at radius 3 is 2.32 bits per heavy atom. The molecule has 1 aromatic heterocycles. The van der Waals surface area contributed by atoms with Crippen molar-refractivity contribution in [3.63, 3.8) is 0 Å². The van der Waals surface area contributed by atoms with Gasteiger partial charge in [-0.25, -0.2) is 9.59 Å². The van der Waals surface area contributed by atoms with Gasteiger partial charge in [-0.3, -0.25) is 0 Å². The van der Waals surface area contributed by atoms with E-state index < -0.39 is 26.2 Å². The highest BCUT2D eigenvalue weighted by Gasteiger charge is 2.42. The lowest BCUT2D eigenvalue weighted by atomic mass is 9.82. The third kappa shape index (κ3) is 4.32. The highest BCUT2D eigenvalue weighted by Crippen LogP contribution is 2.44. The number of carbonyl (C=O) groups is 2. The van der Waals surface area contributed by atoms with Crippen LogP contribution in [0.15, 0.2) is 53.4 Å². The smallest absolute Gasteiger partial charge is 0.335 e. The van der Waals surface area contributed by atoms with Crippen LogP contribution >= 0.6 is 0 Å². The van der Waals surface area contributed by atoms with E-state index in [2.05, 4.69) is 38.8 Å². The molecule has 0 spiro atoms. The van der Waals surface area contributed by atoms with Gasteiger partial charge in [0, 0.05) is 29.4 Å². The minimum Gasteiger partial charge on any atom is -0.546 e. The van der Waals surface area contributed by atoms with Crippen molar-refractivity contribution in [3.05, 3.63) is 59.0 Å². The monoisotopic (exact) mass is 441 g/mol. The normalized spacial score (nSPS) is 17.4. The molecule has 31 heavy (non-hydrogen) atoms. The first-order chi connectivity index (χ1) is 14.5. The number of aromatic nitrogens is 1. The Labute approximate surface area is 184 Å². The van der Waals surface area contributed by atoms with Crippen molar-refractivity contribution in [2.24, 2.45) is 0 Å². The molecule has 7 heteroatoms. The largest absolute Gasteiger partial charge is 0.546 e. The lowest BCUT2D eigenvalue weighted by Crippen LogP contribution is -2.41. The summed E-state index contributed by atoms with van der Waals surface area (Å²) >= 11 is 0. The number of rotatable bonds is 5. The molecule has 1 aliphatic carbocycles. The Balaban J connectivity index is 2.20. The van der Waals surface area contributed by atoms with Crippen LogP contribution in [0.3, 0.4) is 0 Å². The molecule has 2 aromatic rings. The molecule has 0 unspecified atom stereocenters. The van der Waals surface area contributed by atoms with Gasteiger partial charge in [-0.05, 0) is 35.8 Å². The minimum atomic E-state index is -2.16. The average molecular weight is 442 g/mol. The van der Waals surface area contributed by atoms with Gasteiger partial charge in [-0.1, -0.05) is 39.0 Å². The highest BCUT2D eigenvalue weighted by molar-refractivity contribution is 6.74. The Morgan fingerprint density at radius 2 is 1.71 bits per heavy atom. The topological polar surface area (TPSA) is 77.6 Å². The van der Waals surface area contributed by atoms with E-state index >= 15 is 0 Å². The molecule has 1 aliphatic rings. The van der Waals surface area contributed by atoms with Crippen molar-refractivity contribution in [2.75, 3.05) is 14.2 Å². The first kappa shape index (κ1) is 22.9. The van der Waals surface area contributed by atoms with Crippen LogP contribution in [-0.4, -0.2) is 39.5 Å². The standard InChI is InChI=1S/C24H31NO5Si/c1-24(2,3)31(6,7)30-15-12-17(19-14-25-20-11-9-8-10-16(19)20)21(23(27)29-5)18(13-15)22(26)28-4/h8-12,14,17,25H,13H2,1-7H3/t17-/m1/s1.